The molecule has 0 fully saturated rings. The van der Waals surface area contributed by atoms with Gasteiger partial charge in [-0.3, -0.25) is 10.1 Å². The summed E-state index contributed by atoms with van der Waals surface area (Å²) in [4.78, 5) is 23.3. The van der Waals surface area contributed by atoms with Gasteiger partial charge < -0.3 is 10.6 Å². The summed E-state index contributed by atoms with van der Waals surface area (Å²) in [6, 6.07) is 5.53. The molecule has 146 valence electrons. The van der Waals surface area contributed by atoms with Gasteiger partial charge in [-0.25, -0.2) is 17.5 Å². The summed E-state index contributed by atoms with van der Waals surface area (Å²) in [5, 5.41) is 7.59. The van der Waals surface area contributed by atoms with Crippen molar-refractivity contribution in [3.05, 3.63) is 24.3 Å². The summed E-state index contributed by atoms with van der Waals surface area (Å²) < 4.78 is 26.2. The van der Waals surface area contributed by atoms with E-state index in [-0.39, 0.29) is 17.5 Å². The van der Waals surface area contributed by atoms with Gasteiger partial charge >= 0.3 is 6.03 Å². The number of amides is 3. The predicted molar refractivity (Wildman–Crippen MR) is 101 cm³/mol. The second kappa shape index (κ2) is 10.1. The van der Waals surface area contributed by atoms with E-state index in [0.29, 0.717) is 12.2 Å². The number of sulfonamides is 1. The van der Waals surface area contributed by atoms with Gasteiger partial charge in [0.05, 0.1) is 11.4 Å². The van der Waals surface area contributed by atoms with Gasteiger partial charge in [0.25, 0.3) is 0 Å². The molecule has 9 heteroatoms. The second-order valence-electron chi connectivity index (χ2n) is 6.23. The summed E-state index contributed by atoms with van der Waals surface area (Å²) >= 11 is 0. The number of benzene rings is 1. The van der Waals surface area contributed by atoms with Crippen molar-refractivity contribution in [1.29, 1.82) is 0 Å². The Bertz CT molecular complexity index is 702. The molecule has 0 radical (unpaired) electrons. The molecule has 26 heavy (non-hydrogen) atoms. The number of unbranched alkanes of at least 4 members (excludes halogenated alkanes) is 1. The van der Waals surface area contributed by atoms with Gasteiger partial charge in [0, 0.05) is 25.3 Å². The monoisotopic (exact) mass is 384 g/mol. The summed E-state index contributed by atoms with van der Waals surface area (Å²) in [6.07, 6.45) is 1.72. The first-order chi connectivity index (χ1) is 12.2. The van der Waals surface area contributed by atoms with E-state index in [1.165, 1.54) is 16.4 Å². The summed E-state index contributed by atoms with van der Waals surface area (Å²) in [5.74, 6) is -0.487. The van der Waals surface area contributed by atoms with Crippen molar-refractivity contribution in [2.75, 3.05) is 25.5 Å². The zero-order chi connectivity index (χ0) is 19.7. The molecule has 1 aromatic carbocycles. The van der Waals surface area contributed by atoms with Crippen molar-refractivity contribution >= 4 is 27.6 Å². The van der Waals surface area contributed by atoms with E-state index < -0.39 is 22.0 Å². The lowest BCUT2D eigenvalue weighted by Gasteiger charge is -2.17. The minimum Gasteiger partial charge on any atom is -0.376 e. The van der Waals surface area contributed by atoms with Crippen LogP contribution in [0.2, 0.25) is 0 Å². The molecule has 0 heterocycles. The summed E-state index contributed by atoms with van der Waals surface area (Å²) in [5.41, 5.74) is 0.583. The van der Waals surface area contributed by atoms with Crippen LogP contribution in [0.3, 0.4) is 0 Å². The molecule has 0 saturated heterocycles. The highest BCUT2D eigenvalue weighted by molar-refractivity contribution is 7.89. The van der Waals surface area contributed by atoms with Crippen LogP contribution in [0.4, 0.5) is 10.5 Å². The average molecular weight is 385 g/mol. The lowest BCUT2D eigenvalue weighted by Crippen LogP contribution is -2.44. The van der Waals surface area contributed by atoms with Crippen molar-refractivity contribution in [2.24, 2.45) is 0 Å². The molecular formula is C17H28N4O4S. The molecule has 0 bridgehead atoms. The zero-order valence-electron chi connectivity index (χ0n) is 15.7. The number of imide groups is 1. The first-order valence-electron chi connectivity index (χ1n) is 8.57. The number of carbonyl (C=O) groups is 2. The normalized spacial score (nSPS) is 11.5. The number of carbonyl (C=O) groups excluding carboxylic acids is 2. The number of hydrogen-bond donors (Lipinski definition) is 3. The Kier molecular flexibility index (Phi) is 8.53. The Morgan fingerprint density at radius 1 is 1.15 bits per heavy atom. The molecule has 0 aliphatic rings. The average Bonchev–Trinajstić information content (AvgIpc) is 2.57. The maximum atomic E-state index is 12.4. The molecular weight excluding hydrogens is 356 g/mol. The Labute approximate surface area is 155 Å². The third-order valence-electron chi connectivity index (χ3n) is 3.51. The lowest BCUT2D eigenvalue weighted by atomic mass is 10.3. The molecule has 0 saturated carbocycles. The van der Waals surface area contributed by atoms with Crippen LogP contribution in [0.15, 0.2) is 29.2 Å². The van der Waals surface area contributed by atoms with Gasteiger partial charge in [0.2, 0.25) is 15.9 Å². The predicted octanol–water partition coefficient (Wildman–Crippen LogP) is 1.75. The van der Waals surface area contributed by atoms with E-state index in [1.807, 2.05) is 6.92 Å². The van der Waals surface area contributed by atoms with Crippen LogP contribution in [0.1, 0.15) is 33.6 Å². The van der Waals surface area contributed by atoms with Crippen molar-refractivity contribution < 1.29 is 18.0 Å². The van der Waals surface area contributed by atoms with Crippen molar-refractivity contribution in [3.63, 3.8) is 0 Å². The minimum absolute atomic E-state index is 0.0688. The van der Waals surface area contributed by atoms with E-state index in [9.17, 15) is 18.0 Å². The number of rotatable bonds is 9. The molecule has 0 aromatic heterocycles. The van der Waals surface area contributed by atoms with Gasteiger partial charge in [-0.15, -0.1) is 0 Å². The molecule has 8 nitrogen and oxygen atoms in total. The van der Waals surface area contributed by atoms with Crippen LogP contribution in [-0.2, 0) is 14.8 Å². The van der Waals surface area contributed by atoms with E-state index in [1.54, 1.807) is 33.0 Å². The second-order valence-corrected chi connectivity index (χ2v) is 8.28. The van der Waals surface area contributed by atoms with Crippen LogP contribution < -0.4 is 16.0 Å². The van der Waals surface area contributed by atoms with Gasteiger partial charge in [0.15, 0.2) is 0 Å². The van der Waals surface area contributed by atoms with Crippen LogP contribution in [0.25, 0.3) is 0 Å². The van der Waals surface area contributed by atoms with Crippen molar-refractivity contribution in [2.45, 2.75) is 44.6 Å². The fourth-order valence-electron chi connectivity index (χ4n) is 2.08. The Morgan fingerprint density at radius 2 is 1.77 bits per heavy atom. The molecule has 1 rings (SSSR count). The number of nitrogens with one attached hydrogen (secondary N) is 3. The number of anilines is 1. The molecule has 0 aliphatic carbocycles. The standard InChI is InChI=1S/C17H28N4O4S/c1-5-6-11-21(4)26(24,25)15-9-7-14(8-10-15)18-12-16(22)20-17(23)19-13(2)3/h7-10,13,18H,5-6,11-12H2,1-4H3,(H2,19,20,22,23). The number of hydrogen-bond acceptors (Lipinski definition) is 5. The Morgan fingerprint density at radius 3 is 2.31 bits per heavy atom. The molecule has 0 unspecified atom stereocenters. The highest BCUT2D eigenvalue weighted by Crippen LogP contribution is 2.17. The molecule has 3 N–H and O–H groups in total. The third kappa shape index (κ3) is 7.01. The lowest BCUT2D eigenvalue weighted by molar-refractivity contribution is -0.118. The molecule has 3 amide bonds. The maximum Gasteiger partial charge on any atom is 0.321 e. The fraction of sp³-hybridized carbons (Fsp3) is 0.529. The topological polar surface area (TPSA) is 108 Å². The summed E-state index contributed by atoms with van der Waals surface area (Å²) in [7, 11) is -1.95. The van der Waals surface area contributed by atoms with E-state index in [0.717, 1.165) is 12.8 Å². The van der Waals surface area contributed by atoms with Gasteiger partial charge in [-0.05, 0) is 44.5 Å². The zero-order valence-corrected chi connectivity index (χ0v) is 16.5. The molecule has 0 spiro atoms. The largest absolute Gasteiger partial charge is 0.376 e. The molecule has 1 aromatic rings. The first kappa shape index (κ1) is 21.9. The molecule has 0 atom stereocenters. The fourth-order valence-corrected chi connectivity index (χ4v) is 3.29. The van der Waals surface area contributed by atoms with Crippen LogP contribution in [-0.4, -0.2) is 50.8 Å². The Hall–Kier alpha value is -2.13. The highest BCUT2D eigenvalue weighted by Gasteiger charge is 2.19. The Balaban J connectivity index is 2.60. The van der Waals surface area contributed by atoms with Crippen LogP contribution in [0.5, 0.6) is 0 Å². The van der Waals surface area contributed by atoms with Crippen molar-refractivity contribution in [3.8, 4) is 0 Å². The van der Waals surface area contributed by atoms with E-state index in [4.69, 9.17) is 0 Å². The SMILES string of the molecule is CCCCN(C)S(=O)(=O)c1ccc(NCC(=O)NC(=O)NC(C)C)cc1. The van der Waals surface area contributed by atoms with Gasteiger partial charge in [0.1, 0.15) is 0 Å². The maximum absolute atomic E-state index is 12.4. The third-order valence-corrected chi connectivity index (χ3v) is 5.39. The van der Waals surface area contributed by atoms with Gasteiger partial charge in [-0.1, -0.05) is 13.3 Å². The minimum atomic E-state index is -3.51. The van der Waals surface area contributed by atoms with Gasteiger partial charge in [-0.2, -0.15) is 0 Å². The highest BCUT2D eigenvalue weighted by atomic mass is 32.2. The van der Waals surface area contributed by atoms with E-state index >= 15 is 0 Å². The number of nitrogens with zero attached hydrogens (tertiary/aromatic N) is 1. The number of urea groups is 1. The van der Waals surface area contributed by atoms with Crippen LogP contribution in [0, 0.1) is 0 Å². The van der Waals surface area contributed by atoms with Crippen molar-refractivity contribution in [1.82, 2.24) is 14.9 Å². The smallest absolute Gasteiger partial charge is 0.321 e. The van der Waals surface area contributed by atoms with Crippen LogP contribution >= 0.6 is 0 Å². The quantitative estimate of drug-likeness (QED) is 0.601. The summed E-state index contributed by atoms with van der Waals surface area (Å²) in [6.45, 7) is 5.95. The first-order valence-corrected chi connectivity index (χ1v) is 10.0. The molecule has 0 aliphatic heterocycles. The van der Waals surface area contributed by atoms with E-state index in [2.05, 4.69) is 16.0 Å².